The molecule has 0 unspecified atom stereocenters. The van der Waals surface area contributed by atoms with Crippen LogP contribution in [0.4, 0.5) is 5.69 Å². The van der Waals surface area contributed by atoms with Gasteiger partial charge in [-0.25, -0.2) is 0 Å². The Balaban J connectivity index is 1.49. The quantitative estimate of drug-likeness (QED) is 0.606. The smallest absolute Gasteiger partial charge is 0.235 e. The van der Waals surface area contributed by atoms with Crippen LogP contribution in [0.25, 0.3) is 22.1 Å². The fourth-order valence-corrected chi connectivity index (χ4v) is 5.35. The van der Waals surface area contributed by atoms with E-state index in [1.54, 1.807) is 0 Å². The van der Waals surface area contributed by atoms with E-state index >= 15 is 0 Å². The van der Waals surface area contributed by atoms with Crippen LogP contribution in [-0.2, 0) is 16.6 Å². The lowest BCUT2D eigenvalue weighted by molar-refractivity contribution is -0.120. The van der Waals surface area contributed by atoms with Gasteiger partial charge in [0.15, 0.2) is 5.58 Å². The molecular formula is C23H21ClN2O2. The first-order chi connectivity index (χ1) is 13.7. The third-order valence-electron chi connectivity index (χ3n) is 6.80. The molecule has 6 rings (SSSR count). The molecule has 2 fully saturated rings. The molecule has 2 heterocycles. The zero-order valence-electron chi connectivity index (χ0n) is 15.6. The van der Waals surface area contributed by atoms with Crippen LogP contribution in [0.5, 0.6) is 0 Å². The average Bonchev–Trinajstić information content (AvgIpc) is 3.12. The first-order valence-electron chi connectivity index (χ1n) is 10.2. The monoisotopic (exact) mass is 392 g/mol. The molecule has 2 saturated carbocycles. The average molecular weight is 393 g/mol. The second kappa shape index (κ2) is 5.84. The van der Waals surface area contributed by atoms with Gasteiger partial charge in [0.1, 0.15) is 0 Å². The number of rotatable bonds is 3. The van der Waals surface area contributed by atoms with Crippen LogP contribution in [0.1, 0.15) is 49.8 Å². The molecule has 2 aromatic carbocycles. The maximum atomic E-state index is 12.8. The van der Waals surface area contributed by atoms with Crippen LogP contribution in [0.15, 0.2) is 34.9 Å². The molecule has 2 aliphatic carbocycles. The van der Waals surface area contributed by atoms with Gasteiger partial charge in [0.05, 0.1) is 11.1 Å². The Bertz CT molecular complexity index is 1120. The van der Waals surface area contributed by atoms with Crippen LogP contribution in [0.3, 0.4) is 0 Å². The van der Waals surface area contributed by atoms with E-state index in [1.807, 2.05) is 24.3 Å². The van der Waals surface area contributed by atoms with E-state index in [1.165, 1.54) is 12.8 Å². The third kappa shape index (κ3) is 2.30. The standard InChI is InChI=1S/C23H21ClN2O2/c24-18-12-17-20(25-22(27)23(17)8-1-2-9-23)11-16(18)14-4-3-5-15-19(10-13-6-7-13)26-28-21(14)15/h3-5,11-13H,1-2,6-10H2,(H,25,27). The molecule has 142 valence electrons. The zero-order chi connectivity index (χ0) is 18.9. The maximum absolute atomic E-state index is 12.8. The summed E-state index contributed by atoms with van der Waals surface area (Å²) in [5, 5.41) is 9.19. The van der Waals surface area contributed by atoms with Crippen molar-refractivity contribution < 1.29 is 9.32 Å². The fraction of sp³-hybridized carbons (Fsp3) is 0.391. The summed E-state index contributed by atoms with van der Waals surface area (Å²) in [6, 6.07) is 10.1. The molecule has 1 aromatic heterocycles. The van der Waals surface area contributed by atoms with Gasteiger partial charge in [0.2, 0.25) is 5.91 Å². The molecule has 3 aliphatic rings. The van der Waals surface area contributed by atoms with Gasteiger partial charge in [-0.1, -0.05) is 41.7 Å². The number of aromatic nitrogens is 1. The van der Waals surface area contributed by atoms with E-state index in [-0.39, 0.29) is 11.3 Å². The number of carbonyl (C=O) groups excluding carboxylic acids is 1. The van der Waals surface area contributed by atoms with Crippen molar-refractivity contribution in [2.45, 2.75) is 50.4 Å². The highest BCUT2D eigenvalue weighted by atomic mass is 35.5. The van der Waals surface area contributed by atoms with Gasteiger partial charge in [-0.05, 0) is 61.8 Å². The van der Waals surface area contributed by atoms with Crippen LogP contribution in [0.2, 0.25) is 5.02 Å². The van der Waals surface area contributed by atoms with Crippen molar-refractivity contribution in [2.24, 2.45) is 5.92 Å². The fourth-order valence-electron chi connectivity index (χ4n) is 5.09. The number of amides is 1. The molecule has 0 saturated heterocycles. The normalized spacial score (nSPS) is 20.1. The number of nitrogens with one attached hydrogen (secondary N) is 1. The molecule has 0 atom stereocenters. The lowest BCUT2D eigenvalue weighted by atomic mass is 9.79. The van der Waals surface area contributed by atoms with E-state index in [2.05, 4.69) is 16.5 Å². The summed E-state index contributed by atoms with van der Waals surface area (Å²) in [4.78, 5) is 12.8. The predicted molar refractivity (Wildman–Crippen MR) is 110 cm³/mol. The number of nitrogens with zero attached hydrogens (tertiary/aromatic N) is 1. The summed E-state index contributed by atoms with van der Waals surface area (Å²) in [5.74, 6) is 0.871. The highest BCUT2D eigenvalue weighted by molar-refractivity contribution is 6.34. The van der Waals surface area contributed by atoms with Crippen LogP contribution < -0.4 is 5.32 Å². The van der Waals surface area contributed by atoms with Crippen LogP contribution >= 0.6 is 11.6 Å². The molecule has 3 aromatic rings. The topological polar surface area (TPSA) is 55.1 Å². The molecule has 1 aliphatic heterocycles. The minimum Gasteiger partial charge on any atom is -0.355 e. The molecule has 5 heteroatoms. The van der Waals surface area contributed by atoms with Crippen molar-refractivity contribution >= 4 is 34.2 Å². The van der Waals surface area contributed by atoms with Gasteiger partial charge >= 0.3 is 0 Å². The molecule has 4 nitrogen and oxygen atoms in total. The second-order valence-electron chi connectivity index (χ2n) is 8.58. The Morgan fingerprint density at radius 3 is 2.79 bits per heavy atom. The van der Waals surface area contributed by atoms with E-state index in [0.717, 1.165) is 77.1 Å². The highest BCUT2D eigenvalue weighted by Crippen LogP contribution is 2.51. The van der Waals surface area contributed by atoms with Crippen molar-refractivity contribution in [1.29, 1.82) is 0 Å². The molecule has 0 radical (unpaired) electrons. The summed E-state index contributed by atoms with van der Waals surface area (Å²) in [6.07, 6.45) is 7.54. The first-order valence-corrected chi connectivity index (χ1v) is 10.6. The van der Waals surface area contributed by atoms with Gasteiger partial charge in [-0.3, -0.25) is 4.79 Å². The van der Waals surface area contributed by atoms with Gasteiger partial charge < -0.3 is 9.84 Å². The van der Waals surface area contributed by atoms with Crippen molar-refractivity contribution in [3.8, 4) is 11.1 Å². The van der Waals surface area contributed by atoms with E-state index in [9.17, 15) is 4.79 Å². The Kier molecular flexibility index (Phi) is 3.46. The minimum atomic E-state index is -0.382. The Hall–Kier alpha value is -2.33. The molecular weight excluding hydrogens is 372 g/mol. The Morgan fingerprint density at radius 1 is 1.18 bits per heavy atom. The highest BCUT2D eigenvalue weighted by Gasteiger charge is 2.48. The number of fused-ring (bicyclic) bond motifs is 3. The van der Waals surface area contributed by atoms with Crippen molar-refractivity contribution in [3.63, 3.8) is 0 Å². The number of anilines is 1. The summed E-state index contributed by atoms with van der Waals surface area (Å²) in [5.41, 5.74) is 5.20. The predicted octanol–water partition coefficient (Wildman–Crippen LogP) is 5.86. The molecule has 1 N–H and O–H groups in total. The van der Waals surface area contributed by atoms with Crippen molar-refractivity contribution in [3.05, 3.63) is 46.6 Å². The number of benzene rings is 2. The number of carbonyl (C=O) groups is 1. The van der Waals surface area contributed by atoms with Gasteiger partial charge in [-0.2, -0.15) is 0 Å². The number of hydrogen-bond donors (Lipinski definition) is 1. The van der Waals surface area contributed by atoms with Gasteiger partial charge in [0.25, 0.3) is 0 Å². The van der Waals surface area contributed by atoms with Gasteiger partial charge in [0, 0.05) is 27.2 Å². The number of hydrogen-bond acceptors (Lipinski definition) is 3. The summed E-state index contributed by atoms with van der Waals surface area (Å²) in [7, 11) is 0. The minimum absolute atomic E-state index is 0.123. The Morgan fingerprint density at radius 2 is 2.00 bits per heavy atom. The van der Waals surface area contributed by atoms with E-state index in [0.29, 0.717) is 5.02 Å². The van der Waals surface area contributed by atoms with E-state index in [4.69, 9.17) is 16.1 Å². The summed E-state index contributed by atoms with van der Waals surface area (Å²) in [6.45, 7) is 0. The van der Waals surface area contributed by atoms with Crippen molar-refractivity contribution in [2.75, 3.05) is 5.32 Å². The maximum Gasteiger partial charge on any atom is 0.235 e. The first kappa shape index (κ1) is 16.6. The third-order valence-corrected chi connectivity index (χ3v) is 7.12. The van der Waals surface area contributed by atoms with Crippen LogP contribution in [-0.4, -0.2) is 11.1 Å². The number of para-hydroxylation sites is 1. The van der Waals surface area contributed by atoms with Crippen molar-refractivity contribution in [1.82, 2.24) is 5.16 Å². The molecule has 1 spiro atoms. The molecule has 1 amide bonds. The summed E-state index contributed by atoms with van der Waals surface area (Å²) >= 11 is 6.75. The SMILES string of the molecule is O=C1Nc2cc(-c3cccc4c(CC5CC5)noc34)c(Cl)cc2C12CCCC2. The number of halogens is 1. The summed E-state index contributed by atoms with van der Waals surface area (Å²) < 4.78 is 5.76. The lowest BCUT2D eigenvalue weighted by Crippen LogP contribution is -2.30. The molecule has 28 heavy (non-hydrogen) atoms. The van der Waals surface area contributed by atoms with E-state index < -0.39 is 0 Å². The Labute approximate surface area is 168 Å². The molecule has 0 bridgehead atoms. The lowest BCUT2D eigenvalue weighted by Gasteiger charge is -2.21. The van der Waals surface area contributed by atoms with Gasteiger partial charge in [-0.15, -0.1) is 0 Å². The second-order valence-corrected chi connectivity index (χ2v) is 8.99. The zero-order valence-corrected chi connectivity index (χ0v) is 16.3. The largest absolute Gasteiger partial charge is 0.355 e. The van der Waals surface area contributed by atoms with Crippen LogP contribution in [0, 0.1) is 5.92 Å².